The van der Waals surface area contributed by atoms with Gasteiger partial charge in [0.25, 0.3) is 5.56 Å². The minimum absolute atomic E-state index is 0.0322. The van der Waals surface area contributed by atoms with Crippen LogP contribution in [0.15, 0.2) is 9.59 Å². The molecule has 9 heteroatoms. The summed E-state index contributed by atoms with van der Waals surface area (Å²) < 4.78 is 5.02. The predicted molar refractivity (Wildman–Crippen MR) is 55.1 cm³/mol. The van der Waals surface area contributed by atoms with Gasteiger partial charge in [-0.2, -0.15) is 0 Å². The van der Waals surface area contributed by atoms with E-state index in [0.29, 0.717) is 6.61 Å². The van der Waals surface area contributed by atoms with Crippen LogP contribution in [0.1, 0.15) is 0 Å². The van der Waals surface area contributed by atoms with Crippen molar-refractivity contribution < 1.29 is 14.6 Å². The average molecular weight is 242 g/mol. The van der Waals surface area contributed by atoms with E-state index in [0.717, 1.165) is 0 Å². The molecule has 0 saturated carbocycles. The number of carboxylic acid groups (broad SMARTS) is 1. The van der Waals surface area contributed by atoms with E-state index in [1.54, 1.807) is 0 Å². The topological polar surface area (TPSA) is 128 Å². The molecule has 1 fully saturated rings. The second-order valence-corrected chi connectivity index (χ2v) is 3.45. The summed E-state index contributed by atoms with van der Waals surface area (Å²) in [5, 5.41) is 14.6. The van der Waals surface area contributed by atoms with Gasteiger partial charge in [0.2, 0.25) is 5.82 Å². The van der Waals surface area contributed by atoms with Crippen molar-refractivity contribution >= 4 is 11.8 Å². The number of hydrogen-bond donors (Lipinski definition) is 3. The van der Waals surface area contributed by atoms with Crippen molar-refractivity contribution in [3.05, 3.63) is 20.8 Å². The van der Waals surface area contributed by atoms with E-state index in [1.807, 2.05) is 4.98 Å². The summed E-state index contributed by atoms with van der Waals surface area (Å²) in [7, 11) is 0. The van der Waals surface area contributed by atoms with Crippen LogP contribution in [0.4, 0.5) is 5.82 Å². The first kappa shape index (κ1) is 11.3. The minimum atomic E-state index is -1.11. The van der Waals surface area contributed by atoms with Gasteiger partial charge in [0, 0.05) is 6.54 Å². The van der Waals surface area contributed by atoms with Crippen molar-refractivity contribution in [1.82, 2.24) is 15.2 Å². The number of ether oxygens (including phenoxy) is 1. The minimum Gasteiger partial charge on any atom is -0.480 e. The fourth-order valence-corrected chi connectivity index (χ4v) is 1.60. The molecule has 1 aliphatic rings. The highest BCUT2D eigenvalue weighted by Gasteiger charge is 2.31. The monoisotopic (exact) mass is 242 g/mol. The maximum absolute atomic E-state index is 11.5. The van der Waals surface area contributed by atoms with Crippen molar-refractivity contribution in [3.63, 3.8) is 0 Å². The second kappa shape index (κ2) is 4.37. The van der Waals surface area contributed by atoms with Gasteiger partial charge in [0.05, 0.1) is 13.2 Å². The summed E-state index contributed by atoms with van der Waals surface area (Å²) in [4.78, 5) is 36.6. The van der Waals surface area contributed by atoms with Crippen molar-refractivity contribution in [1.29, 1.82) is 0 Å². The zero-order valence-corrected chi connectivity index (χ0v) is 8.67. The van der Waals surface area contributed by atoms with Crippen molar-refractivity contribution in [2.45, 2.75) is 6.04 Å². The van der Waals surface area contributed by atoms with Crippen LogP contribution in [-0.2, 0) is 9.53 Å². The van der Waals surface area contributed by atoms with Gasteiger partial charge in [-0.25, -0.2) is 14.7 Å². The molecule has 1 saturated heterocycles. The predicted octanol–water partition coefficient (Wildman–Crippen LogP) is -2.25. The number of rotatable bonds is 2. The first-order valence-electron chi connectivity index (χ1n) is 4.86. The Balaban J connectivity index is 2.39. The number of morpholine rings is 1. The van der Waals surface area contributed by atoms with Crippen LogP contribution >= 0.6 is 0 Å². The van der Waals surface area contributed by atoms with E-state index in [-0.39, 0.29) is 19.0 Å². The SMILES string of the molecule is O=C(O)C1COCCN1c1n[nH]c(=O)[nH]c1=O. The molecule has 1 unspecified atom stereocenters. The van der Waals surface area contributed by atoms with Crippen LogP contribution in [0.3, 0.4) is 0 Å². The largest absolute Gasteiger partial charge is 0.480 e. The number of nitrogens with zero attached hydrogens (tertiary/aromatic N) is 2. The summed E-state index contributed by atoms with van der Waals surface area (Å²) in [5.74, 6) is -1.24. The summed E-state index contributed by atoms with van der Waals surface area (Å²) in [5.41, 5.74) is -1.46. The third-order valence-electron chi connectivity index (χ3n) is 2.38. The van der Waals surface area contributed by atoms with Crippen LogP contribution in [0.5, 0.6) is 0 Å². The molecule has 1 atom stereocenters. The number of aliphatic carboxylic acids is 1. The Morgan fingerprint density at radius 1 is 1.53 bits per heavy atom. The van der Waals surface area contributed by atoms with Crippen LogP contribution < -0.4 is 16.1 Å². The number of carbonyl (C=O) groups is 1. The zero-order chi connectivity index (χ0) is 12.4. The summed E-state index contributed by atoms with van der Waals surface area (Å²) in [6, 6.07) is -0.983. The van der Waals surface area contributed by atoms with Gasteiger partial charge >= 0.3 is 11.7 Å². The Bertz CT molecular complexity index is 535. The average Bonchev–Trinajstić information content (AvgIpc) is 2.29. The second-order valence-electron chi connectivity index (χ2n) is 3.45. The lowest BCUT2D eigenvalue weighted by molar-refractivity contribution is -0.141. The number of carboxylic acids is 1. The molecule has 0 amide bonds. The smallest absolute Gasteiger partial charge is 0.342 e. The van der Waals surface area contributed by atoms with Gasteiger partial charge in [-0.1, -0.05) is 0 Å². The van der Waals surface area contributed by atoms with Crippen LogP contribution in [0.25, 0.3) is 0 Å². The van der Waals surface area contributed by atoms with E-state index >= 15 is 0 Å². The molecule has 1 aromatic rings. The molecule has 1 aromatic heterocycles. The van der Waals surface area contributed by atoms with E-state index in [4.69, 9.17) is 9.84 Å². The molecule has 9 nitrogen and oxygen atoms in total. The number of nitrogens with one attached hydrogen (secondary N) is 2. The molecule has 0 radical (unpaired) electrons. The molecule has 0 aliphatic carbocycles. The Kier molecular flexibility index (Phi) is 2.91. The summed E-state index contributed by atoms with van der Waals surface area (Å²) in [6.45, 7) is 0.485. The maximum atomic E-state index is 11.5. The highest BCUT2D eigenvalue weighted by molar-refractivity contribution is 5.78. The van der Waals surface area contributed by atoms with E-state index in [9.17, 15) is 14.4 Å². The standard InChI is InChI=1S/C8H10N4O5/c13-6-5(10-11-8(16)9-6)12-1-2-17-3-4(12)7(14)15/h4H,1-3H2,(H,14,15)(H2,9,11,13,16). The number of H-pyrrole nitrogens is 2. The lowest BCUT2D eigenvalue weighted by Gasteiger charge is -2.32. The Morgan fingerprint density at radius 3 is 2.94 bits per heavy atom. The van der Waals surface area contributed by atoms with Crippen LogP contribution in [-0.4, -0.2) is 52.1 Å². The molecular weight excluding hydrogens is 232 g/mol. The van der Waals surface area contributed by atoms with Gasteiger partial charge in [0.15, 0.2) is 6.04 Å². The van der Waals surface area contributed by atoms with Gasteiger partial charge in [0.1, 0.15) is 0 Å². The van der Waals surface area contributed by atoms with Crippen LogP contribution in [0, 0.1) is 0 Å². The van der Waals surface area contributed by atoms with Gasteiger partial charge in [-0.15, -0.1) is 5.10 Å². The molecule has 1 aliphatic heterocycles. The highest BCUT2D eigenvalue weighted by Crippen LogP contribution is 2.12. The van der Waals surface area contributed by atoms with Gasteiger partial charge in [-0.3, -0.25) is 9.78 Å². The maximum Gasteiger partial charge on any atom is 0.342 e. The highest BCUT2D eigenvalue weighted by atomic mass is 16.5. The number of anilines is 1. The first-order valence-corrected chi connectivity index (χ1v) is 4.86. The van der Waals surface area contributed by atoms with Crippen molar-refractivity contribution in [2.75, 3.05) is 24.7 Å². The normalized spacial score (nSPS) is 20.2. The molecule has 3 N–H and O–H groups in total. The summed E-state index contributed by atoms with van der Waals surface area (Å²) >= 11 is 0. The molecule has 17 heavy (non-hydrogen) atoms. The van der Waals surface area contributed by atoms with E-state index in [2.05, 4.69) is 10.2 Å². The quantitative estimate of drug-likeness (QED) is 0.534. The molecule has 2 rings (SSSR count). The molecule has 2 heterocycles. The lowest BCUT2D eigenvalue weighted by atomic mass is 10.2. The summed E-state index contributed by atoms with van der Waals surface area (Å²) in [6.07, 6.45) is 0. The van der Waals surface area contributed by atoms with Crippen molar-refractivity contribution in [2.24, 2.45) is 0 Å². The van der Waals surface area contributed by atoms with Gasteiger partial charge < -0.3 is 14.7 Å². The Morgan fingerprint density at radius 2 is 2.29 bits per heavy atom. The molecule has 92 valence electrons. The molecule has 0 aromatic carbocycles. The van der Waals surface area contributed by atoms with Gasteiger partial charge in [-0.05, 0) is 0 Å². The third kappa shape index (κ3) is 2.18. The molecule has 0 bridgehead atoms. The van der Waals surface area contributed by atoms with E-state index < -0.39 is 23.3 Å². The number of aromatic nitrogens is 3. The fourth-order valence-electron chi connectivity index (χ4n) is 1.60. The van der Waals surface area contributed by atoms with E-state index in [1.165, 1.54) is 4.90 Å². The Hall–Kier alpha value is -2.16. The zero-order valence-electron chi connectivity index (χ0n) is 8.67. The third-order valence-corrected chi connectivity index (χ3v) is 2.38. The molecular formula is C8H10N4O5. The van der Waals surface area contributed by atoms with Crippen LogP contribution in [0.2, 0.25) is 0 Å². The Labute approximate surface area is 94.0 Å². The number of aromatic amines is 2. The first-order chi connectivity index (χ1) is 8.09. The fraction of sp³-hybridized carbons (Fsp3) is 0.500. The number of hydrogen-bond acceptors (Lipinski definition) is 6. The van der Waals surface area contributed by atoms with Crippen molar-refractivity contribution in [3.8, 4) is 0 Å². The molecule has 0 spiro atoms. The lowest BCUT2D eigenvalue weighted by Crippen LogP contribution is -2.52.